The van der Waals surface area contributed by atoms with Crippen LogP contribution in [0.3, 0.4) is 0 Å². The lowest BCUT2D eigenvalue weighted by Gasteiger charge is -2.25. The minimum absolute atomic E-state index is 0.198. The van der Waals surface area contributed by atoms with Crippen molar-refractivity contribution in [2.24, 2.45) is 11.8 Å². The SMILES string of the molecule is CC1CCC(C(=O)c2cccc3cccnc23)CC1. The fraction of sp³-hybridized carbons (Fsp3) is 0.412. The molecule has 0 atom stereocenters. The maximum absolute atomic E-state index is 12.7. The molecular formula is C17H19NO. The van der Waals surface area contributed by atoms with Crippen molar-refractivity contribution in [3.63, 3.8) is 0 Å². The van der Waals surface area contributed by atoms with Crippen LogP contribution in [0.5, 0.6) is 0 Å². The highest BCUT2D eigenvalue weighted by Crippen LogP contribution is 2.31. The Morgan fingerprint density at radius 3 is 2.63 bits per heavy atom. The lowest BCUT2D eigenvalue weighted by Crippen LogP contribution is -2.21. The van der Waals surface area contributed by atoms with Crippen LogP contribution in [0.2, 0.25) is 0 Å². The number of fused-ring (bicyclic) bond motifs is 1. The second kappa shape index (κ2) is 5.12. The average Bonchev–Trinajstić information content (AvgIpc) is 2.47. The lowest BCUT2D eigenvalue weighted by atomic mass is 9.79. The van der Waals surface area contributed by atoms with Gasteiger partial charge in [-0.15, -0.1) is 0 Å². The highest BCUT2D eigenvalue weighted by Gasteiger charge is 2.26. The third-order valence-electron chi connectivity index (χ3n) is 4.28. The van der Waals surface area contributed by atoms with E-state index in [1.165, 1.54) is 12.8 Å². The Labute approximate surface area is 113 Å². The second-order valence-electron chi connectivity index (χ2n) is 5.70. The summed E-state index contributed by atoms with van der Waals surface area (Å²) >= 11 is 0. The van der Waals surface area contributed by atoms with Crippen LogP contribution >= 0.6 is 0 Å². The molecule has 0 saturated heterocycles. The number of nitrogens with zero attached hydrogens (tertiary/aromatic N) is 1. The number of rotatable bonds is 2. The normalized spacial score (nSPS) is 23.4. The summed E-state index contributed by atoms with van der Waals surface area (Å²) in [5, 5.41) is 1.05. The van der Waals surface area contributed by atoms with Crippen LogP contribution in [0.1, 0.15) is 43.0 Å². The number of ketones is 1. The molecule has 0 bridgehead atoms. The predicted molar refractivity (Wildman–Crippen MR) is 77.2 cm³/mol. The Balaban J connectivity index is 1.93. The standard InChI is InChI=1S/C17H19NO/c1-12-7-9-14(10-8-12)17(19)15-6-2-4-13-5-3-11-18-16(13)15/h2-6,11-12,14H,7-10H2,1H3. The van der Waals surface area contributed by atoms with E-state index in [1.54, 1.807) is 6.20 Å². The quantitative estimate of drug-likeness (QED) is 0.749. The number of para-hydroxylation sites is 1. The monoisotopic (exact) mass is 253 g/mol. The molecule has 2 heteroatoms. The molecule has 0 amide bonds. The van der Waals surface area contributed by atoms with Gasteiger partial charge in [-0.1, -0.05) is 38.0 Å². The lowest BCUT2D eigenvalue weighted by molar-refractivity contribution is 0.0877. The third-order valence-corrected chi connectivity index (χ3v) is 4.28. The molecule has 0 radical (unpaired) electrons. The molecular weight excluding hydrogens is 234 g/mol. The molecule has 0 aliphatic heterocycles. The van der Waals surface area contributed by atoms with Gasteiger partial charge in [0.1, 0.15) is 0 Å². The van der Waals surface area contributed by atoms with Crippen molar-refractivity contribution in [2.45, 2.75) is 32.6 Å². The third kappa shape index (κ3) is 2.40. The van der Waals surface area contributed by atoms with Crippen LogP contribution in [0.4, 0.5) is 0 Å². The van der Waals surface area contributed by atoms with Gasteiger partial charge in [0.15, 0.2) is 5.78 Å². The molecule has 3 rings (SSSR count). The molecule has 1 aromatic heterocycles. The number of aromatic nitrogens is 1. The van der Waals surface area contributed by atoms with Gasteiger partial charge in [-0.05, 0) is 30.9 Å². The first-order valence-corrected chi connectivity index (χ1v) is 7.13. The Bertz CT molecular complexity index is 592. The van der Waals surface area contributed by atoms with E-state index in [9.17, 15) is 4.79 Å². The van der Waals surface area contributed by atoms with E-state index in [4.69, 9.17) is 0 Å². The van der Waals surface area contributed by atoms with Crippen molar-refractivity contribution in [1.29, 1.82) is 0 Å². The van der Waals surface area contributed by atoms with Gasteiger partial charge < -0.3 is 0 Å². The maximum Gasteiger partial charge on any atom is 0.168 e. The van der Waals surface area contributed by atoms with E-state index in [0.717, 1.165) is 35.2 Å². The first kappa shape index (κ1) is 12.3. The molecule has 0 N–H and O–H groups in total. The minimum atomic E-state index is 0.198. The summed E-state index contributed by atoms with van der Waals surface area (Å²) in [6.07, 6.45) is 6.18. The Hall–Kier alpha value is -1.70. The van der Waals surface area contributed by atoms with Gasteiger partial charge in [-0.3, -0.25) is 9.78 Å². The van der Waals surface area contributed by atoms with Crippen molar-refractivity contribution >= 4 is 16.7 Å². The topological polar surface area (TPSA) is 30.0 Å². The van der Waals surface area contributed by atoms with Crippen molar-refractivity contribution in [3.8, 4) is 0 Å². The summed E-state index contributed by atoms with van der Waals surface area (Å²) in [6.45, 7) is 2.28. The van der Waals surface area contributed by atoms with Crippen LogP contribution in [0.25, 0.3) is 10.9 Å². The van der Waals surface area contributed by atoms with Crippen molar-refractivity contribution in [2.75, 3.05) is 0 Å². The number of hydrogen-bond acceptors (Lipinski definition) is 2. The van der Waals surface area contributed by atoms with E-state index in [1.807, 2.05) is 30.3 Å². The molecule has 1 saturated carbocycles. The summed E-state index contributed by atoms with van der Waals surface area (Å²) in [7, 11) is 0. The molecule has 19 heavy (non-hydrogen) atoms. The number of benzene rings is 1. The summed E-state index contributed by atoms with van der Waals surface area (Å²) in [6, 6.07) is 9.83. The molecule has 1 aromatic carbocycles. The number of hydrogen-bond donors (Lipinski definition) is 0. The van der Waals surface area contributed by atoms with E-state index in [2.05, 4.69) is 11.9 Å². The van der Waals surface area contributed by atoms with Gasteiger partial charge >= 0.3 is 0 Å². The molecule has 1 fully saturated rings. The molecule has 2 nitrogen and oxygen atoms in total. The number of pyridine rings is 1. The van der Waals surface area contributed by atoms with Crippen LogP contribution in [0.15, 0.2) is 36.5 Å². The van der Waals surface area contributed by atoms with Gasteiger partial charge in [0.2, 0.25) is 0 Å². The van der Waals surface area contributed by atoms with Gasteiger partial charge in [0.05, 0.1) is 5.52 Å². The zero-order valence-corrected chi connectivity index (χ0v) is 11.3. The van der Waals surface area contributed by atoms with Gasteiger partial charge in [-0.2, -0.15) is 0 Å². The fourth-order valence-corrected chi connectivity index (χ4v) is 3.05. The fourth-order valence-electron chi connectivity index (χ4n) is 3.05. The molecule has 2 aromatic rings. The van der Waals surface area contributed by atoms with Crippen molar-refractivity contribution in [1.82, 2.24) is 4.98 Å². The van der Waals surface area contributed by atoms with E-state index in [-0.39, 0.29) is 11.7 Å². The first-order chi connectivity index (χ1) is 9.25. The number of carbonyl (C=O) groups is 1. The molecule has 0 spiro atoms. The number of Topliss-reactive ketones (excluding diaryl/α,β-unsaturated/α-hetero) is 1. The molecule has 0 unspecified atom stereocenters. The summed E-state index contributed by atoms with van der Waals surface area (Å²) in [5.74, 6) is 1.26. The molecule has 1 aliphatic carbocycles. The summed E-state index contributed by atoms with van der Waals surface area (Å²) < 4.78 is 0. The van der Waals surface area contributed by atoms with E-state index >= 15 is 0 Å². The van der Waals surface area contributed by atoms with Crippen LogP contribution in [-0.2, 0) is 0 Å². The highest BCUT2D eigenvalue weighted by atomic mass is 16.1. The van der Waals surface area contributed by atoms with Crippen LogP contribution in [-0.4, -0.2) is 10.8 Å². The van der Waals surface area contributed by atoms with Gasteiger partial charge in [-0.25, -0.2) is 0 Å². The van der Waals surface area contributed by atoms with Crippen molar-refractivity contribution in [3.05, 3.63) is 42.1 Å². The minimum Gasteiger partial charge on any atom is -0.294 e. The summed E-state index contributed by atoms with van der Waals surface area (Å²) in [4.78, 5) is 17.1. The van der Waals surface area contributed by atoms with E-state index in [0.29, 0.717) is 0 Å². The second-order valence-corrected chi connectivity index (χ2v) is 5.70. The van der Waals surface area contributed by atoms with Crippen LogP contribution in [0, 0.1) is 11.8 Å². The Morgan fingerprint density at radius 1 is 1.11 bits per heavy atom. The zero-order valence-electron chi connectivity index (χ0n) is 11.3. The van der Waals surface area contributed by atoms with Crippen LogP contribution < -0.4 is 0 Å². The Kier molecular flexibility index (Phi) is 3.33. The first-order valence-electron chi connectivity index (χ1n) is 7.13. The van der Waals surface area contributed by atoms with E-state index < -0.39 is 0 Å². The maximum atomic E-state index is 12.7. The average molecular weight is 253 g/mol. The summed E-state index contributed by atoms with van der Waals surface area (Å²) in [5.41, 5.74) is 1.66. The number of carbonyl (C=O) groups excluding carboxylic acids is 1. The Morgan fingerprint density at radius 2 is 1.84 bits per heavy atom. The predicted octanol–water partition coefficient (Wildman–Crippen LogP) is 4.24. The van der Waals surface area contributed by atoms with Gasteiger partial charge in [0, 0.05) is 23.1 Å². The largest absolute Gasteiger partial charge is 0.294 e. The molecule has 1 aliphatic rings. The highest BCUT2D eigenvalue weighted by molar-refractivity contribution is 6.07. The molecule has 1 heterocycles. The van der Waals surface area contributed by atoms with Gasteiger partial charge in [0.25, 0.3) is 0 Å². The zero-order chi connectivity index (χ0) is 13.2. The smallest absolute Gasteiger partial charge is 0.168 e. The molecule has 98 valence electrons. The van der Waals surface area contributed by atoms with Crippen molar-refractivity contribution < 1.29 is 4.79 Å².